The first kappa shape index (κ1) is 89.4. The number of hydrogen-bond acceptors (Lipinski definition) is 28. The van der Waals surface area contributed by atoms with Crippen molar-refractivity contribution in [2.45, 2.75) is 175 Å². The minimum Gasteiger partial charge on any atom is -0.508 e. The van der Waals surface area contributed by atoms with Crippen LogP contribution in [-0.4, -0.2) is 222 Å². The Hall–Kier alpha value is -11.4. The summed E-state index contributed by atoms with van der Waals surface area (Å²) in [4.78, 5) is 126. The second-order valence-electron chi connectivity index (χ2n) is 31.7. The zero-order chi connectivity index (χ0) is 88.1. The second kappa shape index (κ2) is 38.6. The molecule has 0 aliphatic carbocycles. The van der Waals surface area contributed by atoms with Crippen molar-refractivity contribution in [3.8, 4) is 80.1 Å². The van der Waals surface area contributed by atoms with Gasteiger partial charge in [0.25, 0.3) is 0 Å². The molecule has 0 spiro atoms. The van der Waals surface area contributed by atoms with E-state index < -0.39 is 240 Å². The third-order valence-corrected chi connectivity index (χ3v) is 22.4. The first-order valence-corrected chi connectivity index (χ1v) is 40.7. The first-order chi connectivity index (χ1) is 58.7. The lowest BCUT2D eigenvalue weighted by Gasteiger charge is -2.42. The minimum atomic E-state index is -2.35. The van der Waals surface area contributed by atoms with Crippen molar-refractivity contribution in [3.05, 3.63) is 164 Å². The van der Waals surface area contributed by atoms with Gasteiger partial charge in [-0.15, -0.1) is 0 Å². The van der Waals surface area contributed by atoms with Crippen LogP contribution in [0.15, 0.2) is 115 Å². The molecule has 656 valence electrons. The SMILES string of the molecule is CC(C)CCCCCCC(=O)N[C@H]1[C@H](Oc2c3cc4cc2Oc2ccc(cc2Cl)C[C@H]2NC(=O)[C@H](N)c5ccc(O)c(c5)Oc5cc(O)cc(c5)[C@H](NC2=O)C(=O)N[C@H]4C(=O)N[C@H]2C(=O)N[C@@H](Cc4ccc(c(Cl)c4)O3)C(=O)N[C@H](C(=O)NCCCN(C)C)c3cc(O)cc(O[C@H]4O[C@H](CO)[C@@H](O)[C@H](O)[C@@H]4O)c3-c3cc2ccc3O)O[C@H](CO)[C@@H](O)[C@@H]1O. The molecule has 17 bridgehead atoms. The highest BCUT2D eigenvalue weighted by molar-refractivity contribution is 6.32. The fourth-order valence-corrected chi connectivity index (χ4v) is 15.8. The van der Waals surface area contributed by atoms with Gasteiger partial charge in [0.1, 0.15) is 131 Å². The smallest absolute Gasteiger partial charge is 0.248 e. The molecule has 17 atom stereocenters. The predicted octanol–water partition coefficient (Wildman–Crippen LogP) is 3.54. The molecule has 8 aliphatic heterocycles. The number of ether oxygens (including phenoxy) is 7. The van der Waals surface area contributed by atoms with Crippen LogP contribution in [0, 0.1) is 5.92 Å². The molecule has 0 saturated carbocycles. The van der Waals surface area contributed by atoms with Gasteiger partial charge < -0.3 is 142 Å². The van der Waals surface area contributed by atoms with Crippen LogP contribution in [0.5, 0.6) is 69.0 Å². The Morgan fingerprint density at radius 2 is 1.09 bits per heavy atom. The molecular formula is C85H96Cl2N10O26. The van der Waals surface area contributed by atoms with Crippen LogP contribution >= 0.6 is 23.2 Å². The molecule has 2 fully saturated rings. The molecule has 2 saturated heterocycles. The summed E-state index contributed by atoms with van der Waals surface area (Å²) in [6.45, 7) is 2.74. The molecule has 0 radical (unpaired) electrons. The number of fused-ring (bicyclic) bond motifs is 14. The lowest BCUT2D eigenvalue weighted by Crippen LogP contribution is -2.65. The zero-order valence-corrected chi connectivity index (χ0v) is 68.4. The number of unbranched alkanes of at least 4 members (excludes halogenated alkanes) is 3. The average molecular weight is 1740 g/mol. The molecule has 36 nitrogen and oxygen atoms in total. The monoisotopic (exact) mass is 1740 g/mol. The molecule has 8 amide bonds. The summed E-state index contributed by atoms with van der Waals surface area (Å²) in [5.41, 5.74) is 4.82. The van der Waals surface area contributed by atoms with Crippen LogP contribution in [-0.2, 0) is 60.7 Å². The van der Waals surface area contributed by atoms with Gasteiger partial charge in [-0.3, -0.25) is 38.4 Å². The summed E-state index contributed by atoms with van der Waals surface area (Å²) >= 11 is 14.6. The maximum Gasteiger partial charge on any atom is 0.248 e. The molecule has 7 aromatic rings. The number of hydrogen-bond donors (Lipinski definition) is 20. The maximum atomic E-state index is 16.8. The summed E-state index contributed by atoms with van der Waals surface area (Å²) < 4.78 is 44.9. The minimum absolute atomic E-state index is 0.0300. The Morgan fingerprint density at radius 1 is 0.537 bits per heavy atom. The Morgan fingerprint density at radius 3 is 1.72 bits per heavy atom. The third kappa shape index (κ3) is 20.5. The Labute approximate surface area is 713 Å². The highest BCUT2D eigenvalue weighted by atomic mass is 35.5. The summed E-state index contributed by atoms with van der Waals surface area (Å²) in [6, 6.07) is 7.32. The molecule has 8 aliphatic rings. The maximum absolute atomic E-state index is 16.8. The number of carbonyl (C=O) groups is 8. The van der Waals surface area contributed by atoms with Gasteiger partial charge in [0.15, 0.2) is 23.0 Å². The van der Waals surface area contributed by atoms with Gasteiger partial charge >= 0.3 is 0 Å². The Balaban J connectivity index is 1.04. The number of aliphatic hydroxyl groups is 7. The van der Waals surface area contributed by atoms with Crippen molar-refractivity contribution >= 4 is 70.5 Å². The predicted molar refractivity (Wildman–Crippen MR) is 436 cm³/mol. The summed E-state index contributed by atoms with van der Waals surface area (Å²) in [6.07, 6.45) is -14.1. The van der Waals surface area contributed by atoms with E-state index in [9.17, 15) is 65.8 Å². The van der Waals surface area contributed by atoms with E-state index in [0.29, 0.717) is 31.7 Å². The van der Waals surface area contributed by atoms with E-state index in [0.717, 1.165) is 73.9 Å². The molecule has 0 aromatic heterocycles. The lowest BCUT2D eigenvalue weighted by molar-refractivity contribution is -0.277. The quantitative estimate of drug-likeness (QED) is 0.0515. The number of aromatic hydroxyl groups is 4. The molecule has 21 N–H and O–H groups in total. The van der Waals surface area contributed by atoms with Crippen molar-refractivity contribution < 1.29 is 128 Å². The van der Waals surface area contributed by atoms with Gasteiger partial charge in [0, 0.05) is 49.1 Å². The molecule has 123 heavy (non-hydrogen) atoms. The van der Waals surface area contributed by atoms with Gasteiger partial charge in [-0.05, 0) is 157 Å². The van der Waals surface area contributed by atoms with Gasteiger partial charge in [-0.25, -0.2) is 0 Å². The van der Waals surface area contributed by atoms with Crippen molar-refractivity contribution in [2.24, 2.45) is 11.7 Å². The molecule has 15 rings (SSSR count). The van der Waals surface area contributed by atoms with E-state index in [1.807, 2.05) is 4.90 Å². The zero-order valence-electron chi connectivity index (χ0n) is 66.9. The van der Waals surface area contributed by atoms with Gasteiger partial charge in [-0.2, -0.15) is 0 Å². The number of nitrogens with one attached hydrogen (secondary N) is 8. The fraction of sp³-hybridized carbons (Fsp3) is 0.412. The number of phenols is 4. The lowest BCUT2D eigenvalue weighted by atomic mass is 9.89. The van der Waals surface area contributed by atoms with Crippen LogP contribution in [0.4, 0.5) is 0 Å². The number of amides is 8. The summed E-state index contributed by atoms with van der Waals surface area (Å²) in [5, 5.41) is 146. The molecular weight excluding hydrogens is 1650 g/mol. The van der Waals surface area contributed by atoms with Crippen LogP contribution < -0.4 is 72.0 Å². The number of benzene rings is 7. The Bertz CT molecular complexity index is 5160. The van der Waals surface area contributed by atoms with Crippen molar-refractivity contribution in [1.82, 2.24) is 47.4 Å². The van der Waals surface area contributed by atoms with Gasteiger partial charge in [-0.1, -0.05) is 87.0 Å². The van der Waals surface area contributed by atoms with E-state index in [4.69, 9.17) is 62.1 Å². The van der Waals surface area contributed by atoms with Gasteiger partial charge in [0.2, 0.25) is 65.6 Å². The first-order valence-electron chi connectivity index (χ1n) is 39.9. The second-order valence-corrected chi connectivity index (χ2v) is 32.5. The van der Waals surface area contributed by atoms with E-state index in [-0.39, 0.29) is 79.4 Å². The van der Waals surface area contributed by atoms with E-state index in [2.05, 4.69) is 56.4 Å². The topological polar surface area (TPSA) is 549 Å². The molecule has 8 heterocycles. The Kier molecular flexibility index (Phi) is 28.0. The van der Waals surface area contributed by atoms with Crippen LogP contribution in [0.25, 0.3) is 11.1 Å². The number of carbonyl (C=O) groups excluding carboxylic acids is 8. The largest absolute Gasteiger partial charge is 0.508 e. The normalized spacial score (nSPS) is 25.8. The third-order valence-electron chi connectivity index (χ3n) is 21.9. The highest BCUT2D eigenvalue weighted by Gasteiger charge is 2.49. The fourth-order valence-electron chi connectivity index (χ4n) is 15.3. The van der Waals surface area contributed by atoms with E-state index >= 15 is 28.8 Å². The van der Waals surface area contributed by atoms with E-state index in [1.54, 1.807) is 14.1 Å². The van der Waals surface area contributed by atoms with Crippen molar-refractivity contribution in [2.75, 3.05) is 40.4 Å². The van der Waals surface area contributed by atoms with Crippen LogP contribution in [0.1, 0.15) is 128 Å². The standard InChI is InChI=1S/C85H96Cl2N10O26/c1-37(2)10-7-5-6-8-11-63(104)92-70-73(107)71(105)61(35-98)121-84(70)123-76-59-30-43-31-60(76)119-56-19-13-39(23-50(56)87)25-52-78(111)96-69(80(113)89-20-9-21-97(3)4)48-33-45(101)34-58(120-85-75(109)74(108)72(106)62(36-99)122-85)64(48)47-28-41(15-16-53(47)102)66(81(114)91-52)94-83(116)68(43)95-82(115)67-42-26-44(100)32-46(27-42)117-57-29-40(14-17-54(57)103)65(88)79(112)90-51(77(110)93-67)24-38-12-18-55(118-59)49(86)22-38/h12-19,22-23,26-34,37,51-52,61-62,65-75,84-85,98-103,105-109H,5-11,20-21,24-25,35-36,88H2,1-4H3,(H,89,113)(H,90,112)(H,91,114)(H,92,104)(H,93,110)(H,94,116)(H,95,115)(H,96,111)/t51-,52+,61-,62-,65-,66-,67+,68-,69+,70-,71-,72-,73-,74+,75+,84+,85+/m1/s1. The summed E-state index contributed by atoms with van der Waals surface area (Å²) in [7, 11) is 3.58. The molecule has 38 heteroatoms. The summed E-state index contributed by atoms with van der Waals surface area (Å²) in [5.74, 6) is -14.2. The van der Waals surface area contributed by atoms with Crippen LogP contribution in [0.3, 0.4) is 0 Å². The number of halogens is 2. The van der Waals surface area contributed by atoms with Crippen molar-refractivity contribution in [3.63, 3.8) is 0 Å². The van der Waals surface area contributed by atoms with Crippen molar-refractivity contribution in [1.29, 1.82) is 0 Å². The average Bonchev–Trinajstić information content (AvgIpc) is 0.762. The number of nitrogens with two attached hydrogens (primary N) is 1. The molecule has 7 aromatic carbocycles. The van der Waals surface area contributed by atoms with Gasteiger partial charge in [0.05, 0.1) is 23.3 Å². The number of aliphatic hydroxyl groups excluding tert-OH is 7. The number of phenolic OH excluding ortho intramolecular Hbond substituents is 4. The van der Waals surface area contributed by atoms with Crippen LogP contribution in [0.2, 0.25) is 10.0 Å². The molecule has 0 unspecified atom stereocenters. The number of nitrogens with zero attached hydrogens (tertiary/aromatic N) is 1. The van der Waals surface area contributed by atoms with E-state index in [1.165, 1.54) is 60.7 Å². The highest BCUT2D eigenvalue weighted by Crippen LogP contribution is 2.50. The number of rotatable bonds is 19.